The van der Waals surface area contributed by atoms with Crippen molar-refractivity contribution in [3.8, 4) is 0 Å². The van der Waals surface area contributed by atoms with E-state index in [2.05, 4.69) is 19.7 Å². The predicted octanol–water partition coefficient (Wildman–Crippen LogP) is 1.41. The topological polar surface area (TPSA) is 117 Å². The highest BCUT2D eigenvalue weighted by atomic mass is 32.2. The minimum atomic E-state index is -5.08. The van der Waals surface area contributed by atoms with Crippen LogP contribution in [0, 0.1) is 0 Å². The Bertz CT molecular complexity index is 934. The molecule has 0 saturated heterocycles. The van der Waals surface area contributed by atoms with Gasteiger partial charge in [-0.05, 0) is 24.6 Å². The van der Waals surface area contributed by atoms with Crippen LogP contribution in [0.3, 0.4) is 0 Å². The molecule has 13 heteroatoms. The fourth-order valence-corrected chi connectivity index (χ4v) is 3.46. The molecule has 0 amide bonds. The van der Waals surface area contributed by atoms with Gasteiger partial charge in [-0.1, -0.05) is 6.07 Å². The number of hydrogen-bond donors (Lipinski definition) is 2. The Balaban J connectivity index is 0.000000396. The number of fused-ring (bicyclic) bond motifs is 1. The number of aliphatic carboxylic acids is 1. The highest BCUT2D eigenvalue weighted by Crippen LogP contribution is 2.21. The lowest BCUT2D eigenvalue weighted by molar-refractivity contribution is -0.192. The molecule has 1 unspecified atom stereocenters. The maximum Gasteiger partial charge on any atom is 0.490 e. The van der Waals surface area contributed by atoms with Gasteiger partial charge in [0.05, 0.1) is 17.5 Å². The first kappa shape index (κ1) is 23.8. The number of sulfonamides is 1. The molecule has 9 nitrogen and oxygen atoms in total. The maximum absolute atomic E-state index is 11.7. The lowest BCUT2D eigenvalue weighted by Gasteiger charge is -2.34. The number of pyridine rings is 1. The van der Waals surface area contributed by atoms with Crippen molar-refractivity contribution in [2.75, 3.05) is 18.8 Å². The van der Waals surface area contributed by atoms with Crippen LogP contribution in [0.2, 0.25) is 0 Å². The SMILES string of the molecule is CCS(=O)(=O)NCC1CN(Cc2cccnc2)Cc2ccnn21.O=C(O)C(F)(F)F. The largest absolute Gasteiger partial charge is 0.490 e. The quantitative estimate of drug-likeness (QED) is 0.685. The Hall–Kier alpha value is -2.51. The van der Waals surface area contributed by atoms with Crippen LogP contribution in [-0.2, 0) is 27.9 Å². The third-order valence-electron chi connectivity index (χ3n) is 4.24. The molecule has 0 aromatic carbocycles. The van der Waals surface area contributed by atoms with Crippen molar-refractivity contribution in [1.29, 1.82) is 0 Å². The summed E-state index contributed by atoms with van der Waals surface area (Å²) in [6.45, 7) is 4.32. The van der Waals surface area contributed by atoms with E-state index < -0.39 is 22.2 Å². The second kappa shape index (κ2) is 10.00. The predicted molar refractivity (Wildman–Crippen MR) is 101 cm³/mol. The second-order valence-corrected chi connectivity index (χ2v) is 8.60. The Morgan fingerprint density at radius 3 is 2.60 bits per heavy atom. The number of halogens is 3. The fraction of sp³-hybridized carbons (Fsp3) is 0.471. The highest BCUT2D eigenvalue weighted by molar-refractivity contribution is 7.89. The van der Waals surface area contributed by atoms with E-state index in [0.29, 0.717) is 6.54 Å². The molecule has 0 bridgehead atoms. The van der Waals surface area contributed by atoms with Crippen molar-refractivity contribution in [3.63, 3.8) is 0 Å². The van der Waals surface area contributed by atoms with Gasteiger partial charge in [0, 0.05) is 44.8 Å². The Morgan fingerprint density at radius 2 is 2.03 bits per heavy atom. The summed E-state index contributed by atoms with van der Waals surface area (Å²) < 4.78 is 59.7. The van der Waals surface area contributed by atoms with Crippen molar-refractivity contribution in [2.24, 2.45) is 0 Å². The molecule has 166 valence electrons. The maximum atomic E-state index is 11.7. The van der Waals surface area contributed by atoms with Gasteiger partial charge in [0.15, 0.2) is 0 Å². The van der Waals surface area contributed by atoms with Crippen LogP contribution in [0.1, 0.15) is 24.2 Å². The van der Waals surface area contributed by atoms with Gasteiger partial charge in [-0.15, -0.1) is 0 Å². The van der Waals surface area contributed by atoms with E-state index in [9.17, 15) is 21.6 Å². The molecule has 0 radical (unpaired) electrons. The van der Waals surface area contributed by atoms with Crippen molar-refractivity contribution >= 4 is 16.0 Å². The summed E-state index contributed by atoms with van der Waals surface area (Å²) in [5, 5.41) is 11.5. The molecule has 0 saturated carbocycles. The van der Waals surface area contributed by atoms with Crippen LogP contribution in [0.5, 0.6) is 0 Å². The lowest BCUT2D eigenvalue weighted by Crippen LogP contribution is -2.42. The van der Waals surface area contributed by atoms with Crippen molar-refractivity contribution in [3.05, 3.63) is 48.0 Å². The number of carboxylic acid groups (broad SMARTS) is 1. The van der Waals surface area contributed by atoms with Gasteiger partial charge < -0.3 is 5.11 Å². The summed E-state index contributed by atoms with van der Waals surface area (Å²) >= 11 is 0. The van der Waals surface area contributed by atoms with Gasteiger partial charge in [-0.25, -0.2) is 17.9 Å². The number of carboxylic acids is 1. The molecule has 30 heavy (non-hydrogen) atoms. The average molecular weight is 449 g/mol. The number of rotatable bonds is 6. The van der Waals surface area contributed by atoms with Gasteiger partial charge in [-0.2, -0.15) is 18.3 Å². The normalized spacial score (nSPS) is 17.0. The smallest absolute Gasteiger partial charge is 0.475 e. The number of carbonyl (C=O) groups is 1. The molecule has 3 rings (SSSR count). The first-order chi connectivity index (χ1) is 14.0. The first-order valence-corrected chi connectivity index (χ1v) is 10.6. The van der Waals surface area contributed by atoms with E-state index in [1.165, 1.54) is 0 Å². The fourth-order valence-electron chi connectivity index (χ4n) is 2.81. The minimum absolute atomic E-state index is 0.00764. The molecule has 0 aliphatic carbocycles. The van der Waals surface area contributed by atoms with Crippen LogP contribution in [0.25, 0.3) is 0 Å². The van der Waals surface area contributed by atoms with Gasteiger partial charge in [0.2, 0.25) is 10.0 Å². The van der Waals surface area contributed by atoms with E-state index in [-0.39, 0.29) is 11.8 Å². The molecule has 0 spiro atoms. The zero-order valence-corrected chi connectivity index (χ0v) is 16.9. The zero-order valence-electron chi connectivity index (χ0n) is 16.1. The van der Waals surface area contributed by atoms with Gasteiger partial charge in [0.25, 0.3) is 0 Å². The van der Waals surface area contributed by atoms with Gasteiger partial charge >= 0.3 is 12.1 Å². The van der Waals surface area contributed by atoms with E-state index in [1.54, 1.807) is 19.3 Å². The number of nitrogens with zero attached hydrogens (tertiary/aromatic N) is 4. The molecule has 2 N–H and O–H groups in total. The average Bonchev–Trinajstić information content (AvgIpc) is 3.15. The molecule has 1 aliphatic heterocycles. The van der Waals surface area contributed by atoms with E-state index in [0.717, 1.165) is 30.9 Å². The van der Waals surface area contributed by atoms with Gasteiger partial charge in [-0.3, -0.25) is 14.6 Å². The summed E-state index contributed by atoms with van der Waals surface area (Å²) in [6.07, 6.45) is 0.308. The van der Waals surface area contributed by atoms with Gasteiger partial charge in [0.1, 0.15) is 0 Å². The Kier molecular flexibility index (Phi) is 7.92. The monoisotopic (exact) mass is 449 g/mol. The molecular weight excluding hydrogens is 427 g/mol. The summed E-state index contributed by atoms with van der Waals surface area (Å²) in [4.78, 5) is 15.3. The first-order valence-electron chi connectivity index (χ1n) is 8.93. The van der Waals surface area contributed by atoms with Crippen LogP contribution < -0.4 is 4.72 Å². The summed E-state index contributed by atoms with van der Waals surface area (Å²) in [5.74, 6) is -2.67. The zero-order chi connectivity index (χ0) is 22.4. The van der Waals surface area contributed by atoms with Crippen LogP contribution in [0.4, 0.5) is 13.2 Å². The summed E-state index contributed by atoms with van der Waals surface area (Å²) in [6, 6.07) is 5.95. The standard InChI is InChI=1S/C15H21N5O2S.C2HF3O2/c1-2-23(21,22)18-9-15-12-19(10-13-4-3-6-16-8-13)11-14-5-7-17-20(14)15;3-2(4,5)1(6)7/h3-8,15,18H,2,9-12H2,1H3;(H,6,7). The number of alkyl halides is 3. The molecule has 3 heterocycles. The molecule has 0 fully saturated rings. The van der Waals surface area contributed by atoms with E-state index in [1.807, 2.05) is 29.1 Å². The lowest BCUT2D eigenvalue weighted by atomic mass is 10.1. The van der Waals surface area contributed by atoms with Crippen molar-refractivity contribution < 1.29 is 31.5 Å². The highest BCUT2D eigenvalue weighted by Gasteiger charge is 2.38. The minimum Gasteiger partial charge on any atom is -0.475 e. The van der Waals surface area contributed by atoms with Crippen LogP contribution >= 0.6 is 0 Å². The van der Waals surface area contributed by atoms with Crippen LogP contribution in [0.15, 0.2) is 36.8 Å². The van der Waals surface area contributed by atoms with E-state index in [4.69, 9.17) is 9.90 Å². The third-order valence-corrected chi connectivity index (χ3v) is 5.61. The number of aromatic nitrogens is 3. The van der Waals surface area contributed by atoms with Crippen LogP contribution in [-0.4, -0.2) is 64.2 Å². The number of hydrogen-bond acceptors (Lipinski definition) is 6. The van der Waals surface area contributed by atoms with E-state index >= 15 is 0 Å². The summed E-state index contributed by atoms with van der Waals surface area (Å²) in [5.41, 5.74) is 2.24. The molecule has 2 aromatic rings. The third kappa shape index (κ3) is 7.07. The Morgan fingerprint density at radius 1 is 1.33 bits per heavy atom. The Labute approximate surface area is 171 Å². The molecule has 1 aliphatic rings. The van der Waals surface area contributed by atoms with Crippen molar-refractivity contribution in [2.45, 2.75) is 32.2 Å². The summed E-state index contributed by atoms with van der Waals surface area (Å²) in [7, 11) is -3.20. The van der Waals surface area contributed by atoms with Crippen molar-refractivity contribution in [1.82, 2.24) is 24.4 Å². The second-order valence-electron chi connectivity index (χ2n) is 6.51. The molecule has 2 aromatic heterocycles. The molecular formula is C17H22F3N5O4S. The molecule has 1 atom stereocenters. The number of nitrogens with one attached hydrogen (secondary N) is 1.